The van der Waals surface area contributed by atoms with Crippen LogP contribution in [0.1, 0.15) is 49.7 Å². The highest BCUT2D eigenvalue weighted by Gasteiger charge is 2.44. The lowest BCUT2D eigenvalue weighted by molar-refractivity contribution is -0.163. The van der Waals surface area contributed by atoms with Crippen LogP contribution in [-0.2, 0) is 22.3 Å². The average molecular weight is 360 g/mol. The van der Waals surface area contributed by atoms with E-state index in [1.54, 1.807) is 7.11 Å². The molecule has 0 aromatic heterocycles. The number of fused-ring (bicyclic) bond motifs is 2. The first-order valence-electron chi connectivity index (χ1n) is 10.3. The van der Waals surface area contributed by atoms with Gasteiger partial charge in [0.1, 0.15) is 5.75 Å². The molecule has 26 heavy (non-hydrogen) atoms. The number of hydrogen-bond acceptors (Lipinski definition) is 4. The molecule has 1 saturated carbocycles. The Morgan fingerprint density at radius 3 is 2.96 bits per heavy atom. The summed E-state index contributed by atoms with van der Waals surface area (Å²) in [5, 5.41) is 10.7. The Morgan fingerprint density at radius 1 is 1.23 bits per heavy atom. The molecule has 2 fully saturated rings. The van der Waals surface area contributed by atoms with Crippen LogP contribution >= 0.6 is 0 Å². The van der Waals surface area contributed by atoms with E-state index < -0.39 is 0 Å². The van der Waals surface area contributed by atoms with Gasteiger partial charge in [-0.15, -0.1) is 0 Å². The largest absolute Gasteiger partial charge is 0.496 e. The minimum atomic E-state index is -0.170. The van der Waals surface area contributed by atoms with Crippen LogP contribution in [0.4, 0.5) is 0 Å². The second kappa shape index (κ2) is 8.28. The molecule has 4 heteroatoms. The number of aliphatic hydroxyl groups is 1. The fourth-order valence-corrected chi connectivity index (χ4v) is 5.37. The van der Waals surface area contributed by atoms with Crippen molar-refractivity contribution in [2.75, 3.05) is 20.3 Å². The van der Waals surface area contributed by atoms with E-state index in [2.05, 4.69) is 18.2 Å². The van der Waals surface area contributed by atoms with Crippen LogP contribution in [0.15, 0.2) is 18.2 Å². The zero-order chi connectivity index (χ0) is 17.9. The van der Waals surface area contributed by atoms with Crippen LogP contribution in [0.3, 0.4) is 0 Å². The number of ether oxygens (including phenoxy) is 3. The predicted molar refractivity (Wildman–Crippen MR) is 100 cm³/mol. The van der Waals surface area contributed by atoms with Crippen LogP contribution in [0.5, 0.6) is 5.75 Å². The quantitative estimate of drug-likeness (QED) is 0.785. The van der Waals surface area contributed by atoms with Crippen LogP contribution in [0.2, 0.25) is 0 Å². The number of benzene rings is 1. The maximum atomic E-state index is 10.7. The van der Waals surface area contributed by atoms with Crippen molar-refractivity contribution in [3.8, 4) is 5.75 Å². The van der Waals surface area contributed by atoms with Crippen molar-refractivity contribution in [3.63, 3.8) is 0 Å². The summed E-state index contributed by atoms with van der Waals surface area (Å²) in [7, 11) is 1.75. The van der Waals surface area contributed by atoms with Gasteiger partial charge in [-0.2, -0.15) is 0 Å². The molecule has 1 aliphatic heterocycles. The molecule has 1 aromatic rings. The van der Waals surface area contributed by atoms with Gasteiger partial charge < -0.3 is 19.3 Å². The lowest BCUT2D eigenvalue weighted by atomic mass is 9.73. The van der Waals surface area contributed by atoms with Crippen molar-refractivity contribution in [2.45, 2.75) is 63.8 Å². The van der Waals surface area contributed by atoms with Gasteiger partial charge in [0.25, 0.3) is 0 Å². The molecule has 3 aliphatic rings. The fraction of sp³-hybridized carbons (Fsp3) is 0.727. The normalized spacial score (nSPS) is 33.5. The summed E-state index contributed by atoms with van der Waals surface area (Å²) in [4.78, 5) is 0. The van der Waals surface area contributed by atoms with Gasteiger partial charge in [0, 0.05) is 13.2 Å². The number of hydrogen-bond donors (Lipinski definition) is 1. The number of methoxy groups -OCH3 is 1. The Kier molecular flexibility index (Phi) is 5.82. The van der Waals surface area contributed by atoms with Crippen molar-refractivity contribution < 1.29 is 19.3 Å². The van der Waals surface area contributed by atoms with Gasteiger partial charge in [0.2, 0.25) is 0 Å². The third kappa shape index (κ3) is 3.78. The highest BCUT2D eigenvalue weighted by Crippen LogP contribution is 2.48. The number of aliphatic hydroxyl groups excluding tert-OH is 1. The molecule has 0 radical (unpaired) electrons. The van der Waals surface area contributed by atoms with Crippen molar-refractivity contribution in [3.05, 3.63) is 29.3 Å². The van der Waals surface area contributed by atoms with Crippen LogP contribution in [-0.4, -0.2) is 37.8 Å². The molecule has 1 unspecified atom stereocenters. The summed E-state index contributed by atoms with van der Waals surface area (Å²) >= 11 is 0. The molecule has 144 valence electrons. The molecule has 5 atom stereocenters. The molecule has 0 bridgehead atoms. The van der Waals surface area contributed by atoms with Crippen LogP contribution in [0.25, 0.3) is 0 Å². The molecule has 0 spiro atoms. The van der Waals surface area contributed by atoms with Crippen molar-refractivity contribution in [2.24, 2.45) is 17.8 Å². The Balaban J connectivity index is 1.33. The van der Waals surface area contributed by atoms with Gasteiger partial charge in [-0.3, -0.25) is 0 Å². The van der Waals surface area contributed by atoms with E-state index in [0.29, 0.717) is 17.8 Å². The van der Waals surface area contributed by atoms with E-state index in [4.69, 9.17) is 14.2 Å². The summed E-state index contributed by atoms with van der Waals surface area (Å²) in [6, 6.07) is 6.39. The first-order chi connectivity index (χ1) is 12.8. The predicted octanol–water partition coefficient (Wildman–Crippen LogP) is 3.73. The van der Waals surface area contributed by atoms with E-state index in [9.17, 15) is 5.11 Å². The van der Waals surface area contributed by atoms with Crippen molar-refractivity contribution in [1.82, 2.24) is 0 Å². The zero-order valence-corrected chi connectivity index (χ0v) is 15.9. The SMILES string of the molecule is COc1cccc2c1C[C@H]1C[C@@H](O)[C@H](CCCOC3CCCCO3)[C@H]1C2. The van der Waals surface area contributed by atoms with Crippen molar-refractivity contribution in [1.29, 1.82) is 0 Å². The summed E-state index contributed by atoms with van der Waals surface area (Å²) < 4.78 is 17.1. The minimum Gasteiger partial charge on any atom is -0.496 e. The first kappa shape index (κ1) is 18.3. The summed E-state index contributed by atoms with van der Waals surface area (Å²) in [6.45, 7) is 1.58. The molecule has 0 amide bonds. The monoisotopic (exact) mass is 360 g/mol. The molecule has 4 rings (SSSR count). The molecular formula is C22H32O4. The lowest BCUT2D eigenvalue weighted by Gasteiger charge is -2.32. The van der Waals surface area contributed by atoms with Gasteiger partial charge >= 0.3 is 0 Å². The molecule has 2 aliphatic carbocycles. The lowest BCUT2D eigenvalue weighted by Crippen LogP contribution is -2.28. The molecular weight excluding hydrogens is 328 g/mol. The molecule has 1 N–H and O–H groups in total. The zero-order valence-electron chi connectivity index (χ0n) is 15.9. The van der Waals surface area contributed by atoms with E-state index in [1.165, 1.54) is 17.5 Å². The summed E-state index contributed by atoms with van der Waals surface area (Å²) in [5.41, 5.74) is 2.78. The maximum absolute atomic E-state index is 10.7. The maximum Gasteiger partial charge on any atom is 0.157 e. The number of rotatable bonds is 6. The second-order valence-electron chi connectivity index (χ2n) is 8.21. The first-order valence-corrected chi connectivity index (χ1v) is 10.3. The van der Waals surface area contributed by atoms with E-state index >= 15 is 0 Å². The van der Waals surface area contributed by atoms with Gasteiger partial charge in [0.15, 0.2) is 6.29 Å². The topological polar surface area (TPSA) is 47.9 Å². The highest BCUT2D eigenvalue weighted by atomic mass is 16.7. The molecule has 1 heterocycles. The van der Waals surface area contributed by atoms with E-state index in [-0.39, 0.29) is 12.4 Å². The average Bonchev–Trinajstić information content (AvgIpc) is 2.98. The minimum absolute atomic E-state index is 0.000905. The van der Waals surface area contributed by atoms with E-state index in [0.717, 1.165) is 63.9 Å². The Morgan fingerprint density at radius 2 is 2.15 bits per heavy atom. The second-order valence-corrected chi connectivity index (χ2v) is 8.21. The standard InChI is InChI=1S/C22H32O4/c1-24-21-8-4-6-15-12-18-16(13-19(15)21)14-20(23)17(18)7-5-11-26-22-9-2-3-10-25-22/h4,6,8,16-18,20,22-23H,2-3,5,7,9-14H2,1H3/t16-,17+,18-,20+,22?/m0/s1. The smallest absolute Gasteiger partial charge is 0.157 e. The van der Waals surface area contributed by atoms with Gasteiger partial charge in [0.05, 0.1) is 13.2 Å². The van der Waals surface area contributed by atoms with E-state index in [1.807, 2.05) is 0 Å². The Labute approximate surface area is 156 Å². The molecule has 4 nitrogen and oxygen atoms in total. The van der Waals surface area contributed by atoms with Gasteiger partial charge in [-0.1, -0.05) is 12.1 Å². The van der Waals surface area contributed by atoms with Gasteiger partial charge in [-0.25, -0.2) is 0 Å². The Hall–Kier alpha value is -1.10. The third-order valence-corrected chi connectivity index (χ3v) is 6.69. The Bertz CT molecular complexity index is 596. The summed E-state index contributed by atoms with van der Waals surface area (Å²) in [6.07, 6.45) is 8.33. The highest BCUT2D eigenvalue weighted by molar-refractivity contribution is 5.43. The van der Waals surface area contributed by atoms with Crippen LogP contribution in [0, 0.1) is 17.8 Å². The van der Waals surface area contributed by atoms with Crippen molar-refractivity contribution >= 4 is 0 Å². The van der Waals surface area contributed by atoms with Gasteiger partial charge in [-0.05, 0) is 86.3 Å². The third-order valence-electron chi connectivity index (χ3n) is 6.69. The molecule has 1 saturated heterocycles. The fourth-order valence-electron chi connectivity index (χ4n) is 5.37. The summed E-state index contributed by atoms with van der Waals surface area (Å²) in [5.74, 6) is 2.59. The molecule has 1 aromatic carbocycles. The van der Waals surface area contributed by atoms with Crippen LogP contribution < -0.4 is 4.74 Å².